The molecule has 32 heavy (non-hydrogen) atoms. The number of carbonyl (C=O) groups is 3. The number of hydrogen-bond acceptors (Lipinski definition) is 5. The van der Waals surface area contributed by atoms with E-state index >= 15 is 0 Å². The molecular weight excluding hydrogens is 406 g/mol. The Kier molecular flexibility index (Phi) is 8.67. The summed E-state index contributed by atoms with van der Waals surface area (Å²) >= 11 is 0. The number of benzene rings is 1. The van der Waals surface area contributed by atoms with Gasteiger partial charge in [0.1, 0.15) is 12.6 Å². The highest BCUT2D eigenvalue weighted by molar-refractivity contribution is 5.99. The van der Waals surface area contributed by atoms with E-state index in [0.717, 1.165) is 44.5 Å². The van der Waals surface area contributed by atoms with Gasteiger partial charge in [0.2, 0.25) is 5.91 Å². The zero-order chi connectivity index (χ0) is 23.1. The topological polar surface area (TPSA) is 87.7 Å². The molecule has 176 valence electrons. The lowest BCUT2D eigenvalue weighted by molar-refractivity contribution is -0.138. The average Bonchev–Trinajstić information content (AvgIpc) is 3.30. The number of ketones is 1. The lowest BCUT2D eigenvalue weighted by Crippen LogP contribution is -2.57. The molecule has 7 heteroatoms. The summed E-state index contributed by atoms with van der Waals surface area (Å²) in [6.45, 7) is 8.57. The molecule has 1 aromatic rings. The first-order chi connectivity index (χ1) is 15.4. The van der Waals surface area contributed by atoms with Gasteiger partial charge in [-0.1, -0.05) is 33.3 Å². The molecule has 2 saturated heterocycles. The van der Waals surface area contributed by atoms with E-state index in [1.807, 2.05) is 32.0 Å². The van der Waals surface area contributed by atoms with Crippen molar-refractivity contribution in [1.29, 1.82) is 0 Å². The first-order valence-electron chi connectivity index (χ1n) is 12.0. The third-order valence-electron chi connectivity index (χ3n) is 6.26. The number of ether oxygens (including phenoxy) is 1. The Morgan fingerprint density at radius 2 is 1.97 bits per heavy atom. The van der Waals surface area contributed by atoms with Crippen LogP contribution in [0.5, 0.6) is 0 Å². The first kappa shape index (κ1) is 24.2. The van der Waals surface area contributed by atoms with Crippen molar-refractivity contribution in [2.24, 2.45) is 11.8 Å². The summed E-state index contributed by atoms with van der Waals surface area (Å²) < 4.78 is 5.38. The molecular formula is C25H37N3O4. The fourth-order valence-electron chi connectivity index (χ4n) is 4.60. The van der Waals surface area contributed by atoms with Gasteiger partial charge >= 0.3 is 0 Å². The van der Waals surface area contributed by atoms with E-state index in [2.05, 4.69) is 22.5 Å². The number of nitrogens with zero attached hydrogens (tertiary/aromatic N) is 1. The van der Waals surface area contributed by atoms with E-state index in [1.165, 1.54) is 0 Å². The highest BCUT2D eigenvalue weighted by atomic mass is 16.5. The van der Waals surface area contributed by atoms with Crippen molar-refractivity contribution in [3.63, 3.8) is 0 Å². The molecule has 0 aromatic heterocycles. The van der Waals surface area contributed by atoms with Gasteiger partial charge in [0, 0.05) is 30.3 Å². The number of Topliss-reactive ketones (excluding diaryl/α,β-unsaturated/α-hetero) is 1. The standard InChI is InChI=1S/C25H37N3O4/c1-4-8-19-15-32-16-22(29)23(19)27-25(31)21(13-17(2)3)26-24(30)18-9-7-10-20(14-18)28-11-5-6-12-28/h7,9-10,14,17,19,21,23H,4-6,8,11-13,15-16H2,1-3H3,(H,26,30)(H,27,31)/t19?,21-,23-/m0/s1. The quantitative estimate of drug-likeness (QED) is 0.613. The number of anilines is 1. The van der Waals surface area contributed by atoms with E-state index in [-0.39, 0.29) is 36.0 Å². The number of nitrogens with one attached hydrogen (secondary N) is 2. The molecule has 3 atom stereocenters. The SMILES string of the molecule is CCCC1COCC(=O)[C@H]1NC(=O)[C@H](CC(C)C)NC(=O)c1cccc(N2CCCC2)c1. The van der Waals surface area contributed by atoms with E-state index in [0.29, 0.717) is 18.6 Å². The van der Waals surface area contributed by atoms with Gasteiger partial charge in [0.05, 0.1) is 12.6 Å². The molecule has 2 heterocycles. The van der Waals surface area contributed by atoms with Crippen molar-refractivity contribution in [3.8, 4) is 0 Å². The summed E-state index contributed by atoms with van der Waals surface area (Å²) in [6.07, 6.45) is 4.54. The second-order valence-electron chi connectivity index (χ2n) is 9.42. The van der Waals surface area contributed by atoms with Crippen LogP contribution in [0.15, 0.2) is 24.3 Å². The van der Waals surface area contributed by atoms with Crippen molar-refractivity contribution in [2.75, 3.05) is 31.2 Å². The maximum absolute atomic E-state index is 13.2. The smallest absolute Gasteiger partial charge is 0.252 e. The lowest BCUT2D eigenvalue weighted by atomic mass is 9.90. The highest BCUT2D eigenvalue weighted by Crippen LogP contribution is 2.22. The second kappa shape index (κ2) is 11.5. The molecule has 2 aliphatic heterocycles. The van der Waals surface area contributed by atoms with Gasteiger partial charge in [0.25, 0.3) is 5.91 Å². The van der Waals surface area contributed by atoms with Crippen LogP contribution in [-0.4, -0.2) is 56.0 Å². The number of carbonyl (C=O) groups excluding carboxylic acids is 3. The van der Waals surface area contributed by atoms with Crippen molar-refractivity contribution in [2.45, 2.75) is 65.0 Å². The maximum atomic E-state index is 13.2. The number of rotatable bonds is 9. The molecule has 1 unspecified atom stereocenters. The fraction of sp³-hybridized carbons (Fsp3) is 0.640. The Morgan fingerprint density at radius 3 is 2.66 bits per heavy atom. The largest absolute Gasteiger partial charge is 0.373 e. The monoisotopic (exact) mass is 443 g/mol. The summed E-state index contributed by atoms with van der Waals surface area (Å²) in [5.41, 5.74) is 1.58. The Hall–Kier alpha value is -2.41. The van der Waals surface area contributed by atoms with Crippen molar-refractivity contribution in [1.82, 2.24) is 10.6 Å². The maximum Gasteiger partial charge on any atom is 0.252 e. The van der Waals surface area contributed by atoms with Crippen LogP contribution in [0.3, 0.4) is 0 Å². The molecule has 0 spiro atoms. The summed E-state index contributed by atoms with van der Waals surface area (Å²) in [7, 11) is 0. The summed E-state index contributed by atoms with van der Waals surface area (Å²) in [5.74, 6) is -0.494. The summed E-state index contributed by atoms with van der Waals surface area (Å²) in [6, 6.07) is 6.32. The predicted octanol–water partition coefficient (Wildman–Crippen LogP) is 2.93. The minimum atomic E-state index is -0.698. The van der Waals surface area contributed by atoms with Gasteiger partial charge in [-0.2, -0.15) is 0 Å². The molecule has 2 N–H and O–H groups in total. The van der Waals surface area contributed by atoms with Gasteiger partial charge in [-0.15, -0.1) is 0 Å². The van der Waals surface area contributed by atoms with E-state index in [1.54, 1.807) is 6.07 Å². The van der Waals surface area contributed by atoms with E-state index in [4.69, 9.17) is 4.74 Å². The molecule has 2 aliphatic rings. The average molecular weight is 444 g/mol. The fourth-order valence-corrected chi connectivity index (χ4v) is 4.60. The van der Waals surface area contributed by atoms with Crippen LogP contribution >= 0.6 is 0 Å². The van der Waals surface area contributed by atoms with Crippen molar-refractivity contribution in [3.05, 3.63) is 29.8 Å². The van der Waals surface area contributed by atoms with Crippen molar-refractivity contribution < 1.29 is 19.1 Å². The van der Waals surface area contributed by atoms with E-state index in [9.17, 15) is 14.4 Å². The lowest BCUT2D eigenvalue weighted by Gasteiger charge is -2.32. The Bertz CT molecular complexity index is 802. The van der Waals surface area contributed by atoms with Crippen LogP contribution in [0.4, 0.5) is 5.69 Å². The van der Waals surface area contributed by atoms with Gasteiger partial charge in [-0.3, -0.25) is 14.4 Å². The molecule has 2 fully saturated rings. The van der Waals surface area contributed by atoms with Crippen molar-refractivity contribution >= 4 is 23.3 Å². The molecule has 0 aliphatic carbocycles. The molecule has 0 saturated carbocycles. The van der Waals surface area contributed by atoms with Gasteiger partial charge in [0.15, 0.2) is 5.78 Å². The molecule has 0 radical (unpaired) electrons. The Morgan fingerprint density at radius 1 is 1.22 bits per heavy atom. The minimum Gasteiger partial charge on any atom is -0.373 e. The number of amides is 2. The third-order valence-corrected chi connectivity index (χ3v) is 6.26. The zero-order valence-electron chi connectivity index (χ0n) is 19.6. The van der Waals surface area contributed by atoms with Crippen LogP contribution in [-0.2, 0) is 14.3 Å². The number of hydrogen-bond donors (Lipinski definition) is 2. The van der Waals surface area contributed by atoms with Crippen LogP contribution in [0.2, 0.25) is 0 Å². The van der Waals surface area contributed by atoms with Gasteiger partial charge < -0.3 is 20.3 Å². The van der Waals surface area contributed by atoms with Crippen LogP contribution in [0, 0.1) is 11.8 Å². The zero-order valence-corrected chi connectivity index (χ0v) is 19.6. The molecule has 3 rings (SSSR count). The van der Waals surface area contributed by atoms with Gasteiger partial charge in [-0.25, -0.2) is 0 Å². The molecule has 1 aromatic carbocycles. The van der Waals surface area contributed by atoms with E-state index < -0.39 is 12.1 Å². The van der Waals surface area contributed by atoms with Crippen LogP contribution < -0.4 is 15.5 Å². The Labute approximate surface area is 191 Å². The molecule has 0 bridgehead atoms. The van der Waals surface area contributed by atoms with Crippen LogP contribution in [0.1, 0.15) is 63.2 Å². The highest BCUT2D eigenvalue weighted by Gasteiger charge is 2.35. The second-order valence-corrected chi connectivity index (χ2v) is 9.42. The summed E-state index contributed by atoms with van der Waals surface area (Å²) in [5, 5.41) is 5.85. The molecule has 2 amide bonds. The predicted molar refractivity (Wildman–Crippen MR) is 125 cm³/mol. The first-order valence-corrected chi connectivity index (χ1v) is 12.0. The van der Waals surface area contributed by atoms with Gasteiger partial charge in [-0.05, 0) is 49.8 Å². The normalized spacial score (nSPS) is 22.1. The van der Waals surface area contributed by atoms with Crippen LogP contribution in [0.25, 0.3) is 0 Å². The summed E-state index contributed by atoms with van der Waals surface area (Å²) in [4.78, 5) is 40.9. The minimum absolute atomic E-state index is 0.0235. The Balaban J connectivity index is 1.70. The molecule has 7 nitrogen and oxygen atoms in total. The third kappa shape index (κ3) is 6.31.